The molecule has 14 heavy (non-hydrogen) atoms. The zero-order valence-corrected chi connectivity index (χ0v) is 10.6. The summed E-state index contributed by atoms with van der Waals surface area (Å²) in [7, 11) is 2.22. The molecule has 84 valence electrons. The SMILES string of the molecule is CCC(CS)CN1CCN(C)C(C)C1. The Kier molecular flexibility index (Phi) is 5.28. The Morgan fingerprint density at radius 2 is 2.14 bits per heavy atom. The lowest BCUT2D eigenvalue weighted by Crippen LogP contribution is -2.51. The standard InChI is InChI=1S/C11H24N2S/c1-4-11(9-14)8-13-6-5-12(3)10(2)7-13/h10-11,14H,4-9H2,1-3H3. The van der Waals surface area contributed by atoms with E-state index in [1.165, 1.54) is 32.6 Å². The molecule has 1 aliphatic heterocycles. The molecule has 0 radical (unpaired) electrons. The normalized spacial score (nSPS) is 27.9. The van der Waals surface area contributed by atoms with Crippen LogP contribution in [0.1, 0.15) is 20.3 Å². The van der Waals surface area contributed by atoms with E-state index in [0.717, 1.165) is 11.7 Å². The fraction of sp³-hybridized carbons (Fsp3) is 1.00. The molecule has 2 unspecified atom stereocenters. The van der Waals surface area contributed by atoms with Crippen molar-refractivity contribution in [2.75, 3.05) is 39.0 Å². The van der Waals surface area contributed by atoms with Crippen LogP contribution in [-0.2, 0) is 0 Å². The van der Waals surface area contributed by atoms with Crippen molar-refractivity contribution in [1.82, 2.24) is 9.80 Å². The van der Waals surface area contributed by atoms with Crippen LogP contribution < -0.4 is 0 Å². The quantitative estimate of drug-likeness (QED) is 0.713. The topological polar surface area (TPSA) is 6.48 Å². The van der Waals surface area contributed by atoms with Gasteiger partial charge < -0.3 is 9.80 Å². The summed E-state index contributed by atoms with van der Waals surface area (Å²) < 4.78 is 0. The minimum atomic E-state index is 0.709. The van der Waals surface area contributed by atoms with Crippen molar-refractivity contribution >= 4 is 12.6 Å². The third-order valence-electron chi connectivity index (χ3n) is 3.40. The maximum atomic E-state index is 4.40. The van der Waals surface area contributed by atoms with Crippen molar-refractivity contribution in [2.24, 2.45) is 5.92 Å². The van der Waals surface area contributed by atoms with E-state index in [4.69, 9.17) is 0 Å². The Hall–Kier alpha value is 0.270. The Balaban J connectivity index is 2.32. The van der Waals surface area contributed by atoms with Gasteiger partial charge in [-0.1, -0.05) is 13.3 Å². The highest BCUT2D eigenvalue weighted by atomic mass is 32.1. The molecule has 0 aromatic carbocycles. The first-order valence-corrected chi connectivity index (χ1v) is 6.34. The fourth-order valence-corrected chi connectivity index (χ4v) is 2.34. The smallest absolute Gasteiger partial charge is 0.0192 e. The summed E-state index contributed by atoms with van der Waals surface area (Å²) in [5.74, 6) is 1.80. The van der Waals surface area contributed by atoms with Crippen LogP contribution in [0.15, 0.2) is 0 Å². The number of likely N-dealkylation sites (N-methyl/N-ethyl adjacent to an activating group) is 1. The molecule has 1 saturated heterocycles. The van der Waals surface area contributed by atoms with Crippen molar-refractivity contribution in [2.45, 2.75) is 26.3 Å². The summed E-state index contributed by atoms with van der Waals surface area (Å²) in [4.78, 5) is 5.03. The van der Waals surface area contributed by atoms with Crippen molar-refractivity contribution in [3.05, 3.63) is 0 Å². The second kappa shape index (κ2) is 5.99. The van der Waals surface area contributed by atoms with E-state index in [-0.39, 0.29) is 0 Å². The Bertz CT molecular complexity index is 159. The molecule has 0 bridgehead atoms. The van der Waals surface area contributed by atoms with Crippen LogP contribution in [0.25, 0.3) is 0 Å². The molecule has 2 atom stereocenters. The van der Waals surface area contributed by atoms with E-state index in [0.29, 0.717) is 6.04 Å². The molecule has 1 heterocycles. The zero-order chi connectivity index (χ0) is 10.6. The zero-order valence-electron chi connectivity index (χ0n) is 9.74. The van der Waals surface area contributed by atoms with Gasteiger partial charge >= 0.3 is 0 Å². The van der Waals surface area contributed by atoms with Gasteiger partial charge in [-0.2, -0.15) is 12.6 Å². The molecule has 0 aromatic rings. The number of hydrogen-bond acceptors (Lipinski definition) is 3. The van der Waals surface area contributed by atoms with E-state index in [9.17, 15) is 0 Å². The highest BCUT2D eigenvalue weighted by molar-refractivity contribution is 7.80. The summed E-state index contributed by atoms with van der Waals surface area (Å²) in [6.07, 6.45) is 1.25. The van der Waals surface area contributed by atoms with Crippen molar-refractivity contribution in [3.63, 3.8) is 0 Å². The predicted octanol–water partition coefficient (Wildman–Crippen LogP) is 1.58. The van der Waals surface area contributed by atoms with Crippen LogP contribution in [0.3, 0.4) is 0 Å². The summed E-state index contributed by atoms with van der Waals surface area (Å²) in [5, 5.41) is 0. The van der Waals surface area contributed by atoms with Crippen LogP contribution in [0, 0.1) is 5.92 Å². The van der Waals surface area contributed by atoms with Crippen LogP contribution in [0.4, 0.5) is 0 Å². The van der Waals surface area contributed by atoms with E-state index < -0.39 is 0 Å². The Labute approximate surface area is 94.1 Å². The predicted molar refractivity (Wildman–Crippen MR) is 66.2 cm³/mol. The molecule has 1 rings (SSSR count). The molecule has 0 aromatic heterocycles. The van der Waals surface area contributed by atoms with Crippen molar-refractivity contribution in [3.8, 4) is 0 Å². The van der Waals surface area contributed by atoms with Gasteiger partial charge in [0.2, 0.25) is 0 Å². The highest BCUT2D eigenvalue weighted by Crippen LogP contribution is 2.12. The largest absolute Gasteiger partial charge is 0.301 e. The first-order valence-electron chi connectivity index (χ1n) is 5.70. The maximum absolute atomic E-state index is 4.40. The molecule has 0 saturated carbocycles. The van der Waals surface area contributed by atoms with Gasteiger partial charge in [-0.25, -0.2) is 0 Å². The van der Waals surface area contributed by atoms with E-state index in [1.54, 1.807) is 0 Å². The lowest BCUT2D eigenvalue weighted by atomic mass is 10.1. The monoisotopic (exact) mass is 216 g/mol. The second-order valence-corrected chi connectivity index (χ2v) is 4.91. The molecule has 1 aliphatic rings. The Morgan fingerprint density at radius 3 is 2.64 bits per heavy atom. The third-order valence-corrected chi connectivity index (χ3v) is 3.91. The molecule has 3 heteroatoms. The summed E-state index contributed by atoms with van der Waals surface area (Å²) in [6, 6.07) is 0.709. The van der Waals surface area contributed by atoms with Gasteiger partial charge in [0.1, 0.15) is 0 Å². The van der Waals surface area contributed by atoms with Gasteiger partial charge in [0, 0.05) is 32.2 Å². The number of piperazine rings is 1. The summed E-state index contributed by atoms with van der Waals surface area (Å²) >= 11 is 4.40. The van der Waals surface area contributed by atoms with Gasteiger partial charge in [0.25, 0.3) is 0 Å². The number of nitrogens with zero attached hydrogens (tertiary/aromatic N) is 2. The van der Waals surface area contributed by atoms with Gasteiger partial charge in [-0.15, -0.1) is 0 Å². The van der Waals surface area contributed by atoms with Crippen LogP contribution >= 0.6 is 12.6 Å². The second-order valence-electron chi connectivity index (χ2n) is 4.55. The Morgan fingerprint density at radius 1 is 1.43 bits per heavy atom. The van der Waals surface area contributed by atoms with Gasteiger partial charge in [0.05, 0.1) is 0 Å². The molecule has 0 amide bonds. The van der Waals surface area contributed by atoms with Gasteiger partial charge in [-0.3, -0.25) is 0 Å². The fourth-order valence-electron chi connectivity index (χ4n) is 1.97. The molecule has 2 nitrogen and oxygen atoms in total. The molecular weight excluding hydrogens is 192 g/mol. The molecule has 0 aliphatic carbocycles. The van der Waals surface area contributed by atoms with Crippen LogP contribution in [0.2, 0.25) is 0 Å². The van der Waals surface area contributed by atoms with E-state index in [1.807, 2.05) is 0 Å². The average Bonchev–Trinajstić information content (AvgIpc) is 2.19. The van der Waals surface area contributed by atoms with Gasteiger partial charge in [-0.05, 0) is 25.6 Å². The highest BCUT2D eigenvalue weighted by Gasteiger charge is 2.21. The number of hydrogen-bond donors (Lipinski definition) is 1. The molecule has 1 fully saturated rings. The number of thiol groups is 1. The first kappa shape index (κ1) is 12.3. The summed E-state index contributed by atoms with van der Waals surface area (Å²) in [5.41, 5.74) is 0. The molecular formula is C11H24N2S. The average molecular weight is 216 g/mol. The van der Waals surface area contributed by atoms with E-state index in [2.05, 4.69) is 43.3 Å². The minimum absolute atomic E-state index is 0.709. The van der Waals surface area contributed by atoms with Crippen LogP contribution in [-0.4, -0.2) is 54.8 Å². The van der Waals surface area contributed by atoms with Crippen molar-refractivity contribution < 1.29 is 0 Å². The van der Waals surface area contributed by atoms with E-state index >= 15 is 0 Å². The molecule has 0 N–H and O–H groups in total. The minimum Gasteiger partial charge on any atom is -0.301 e. The number of rotatable bonds is 4. The van der Waals surface area contributed by atoms with Crippen LogP contribution in [0.5, 0.6) is 0 Å². The molecule has 0 spiro atoms. The summed E-state index contributed by atoms with van der Waals surface area (Å²) in [6.45, 7) is 9.47. The van der Waals surface area contributed by atoms with Gasteiger partial charge in [0.15, 0.2) is 0 Å². The van der Waals surface area contributed by atoms with Crippen molar-refractivity contribution in [1.29, 1.82) is 0 Å². The lowest BCUT2D eigenvalue weighted by molar-refractivity contribution is 0.0944. The lowest BCUT2D eigenvalue weighted by Gasteiger charge is -2.38. The maximum Gasteiger partial charge on any atom is 0.0192 e. The third kappa shape index (κ3) is 3.44. The first-order chi connectivity index (χ1) is 6.67.